The maximum atomic E-state index is 6.03. The molecule has 6 heteroatoms. The van der Waals surface area contributed by atoms with Crippen LogP contribution in [-0.2, 0) is 19.6 Å². The predicted molar refractivity (Wildman–Crippen MR) is 131 cm³/mol. The third-order valence-electron chi connectivity index (χ3n) is 6.75. The van der Waals surface area contributed by atoms with Crippen LogP contribution in [0, 0.1) is 0 Å². The summed E-state index contributed by atoms with van der Waals surface area (Å²) in [6.45, 7) is 6.26. The summed E-state index contributed by atoms with van der Waals surface area (Å²) in [6, 6.07) is 25.0. The number of hydrogen-bond donors (Lipinski definition) is 0. The minimum Gasteiger partial charge on any atom is -0.491 e. The fourth-order valence-electron chi connectivity index (χ4n) is 4.25. The molecule has 0 N–H and O–H groups in total. The quantitative estimate of drug-likeness (QED) is 0.287. The Balaban J connectivity index is 1.36. The van der Waals surface area contributed by atoms with Crippen molar-refractivity contribution >= 4 is 0 Å². The second-order valence-corrected chi connectivity index (χ2v) is 9.51. The van der Waals surface area contributed by atoms with E-state index in [1.807, 2.05) is 36.4 Å². The number of ether oxygens (including phenoxy) is 6. The highest BCUT2D eigenvalue weighted by molar-refractivity contribution is 5.53. The molecule has 3 fully saturated rings. The number of epoxide rings is 3. The zero-order valence-corrected chi connectivity index (χ0v) is 19.9. The zero-order chi connectivity index (χ0) is 23.7. The average molecular weight is 475 g/mol. The SMILES string of the molecule is CC(c1cccc(OCC2CO2)c1)(c1cccc(OCC2CO2)c1)c1cccc(OCC2CO2)c1. The van der Waals surface area contributed by atoms with Gasteiger partial charge in [-0.25, -0.2) is 0 Å². The van der Waals surface area contributed by atoms with E-state index in [-0.39, 0.29) is 18.3 Å². The normalized spacial score (nSPS) is 23.7. The monoisotopic (exact) mass is 474 g/mol. The van der Waals surface area contributed by atoms with Gasteiger partial charge in [0, 0.05) is 5.41 Å². The van der Waals surface area contributed by atoms with Gasteiger partial charge in [0.05, 0.1) is 19.8 Å². The molecule has 6 nitrogen and oxygen atoms in total. The smallest absolute Gasteiger partial charge is 0.119 e. The van der Waals surface area contributed by atoms with Gasteiger partial charge >= 0.3 is 0 Å². The Hall–Kier alpha value is -3.06. The second kappa shape index (κ2) is 9.53. The molecule has 35 heavy (non-hydrogen) atoms. The van der Waals surface area contributed by atoms with Crippen molar-refractivity contribution in [1.29, 1.82) is 0 Å². The van der Waals surface area contributed by atoms with E-state index in [0.29, 0.717) is 19.8 Å². The van der Waals surface area contributed by atoms with Crippen molar-refractivity contribution in [3.63, 3.8) is 0 Å². The van der Waals surface area contributed by atoms with E-state index in [4.69, 9.17) is 28.4 Å². The van der Waals surface area contributed by atoms with E-state index in [2.05, 4.69) is 43.3 Å². The lowest BCUT2D eigenvalue weighted by molar-refractivity contribution is 0.262. The standard InChI is InChI=1S/C29H30O6/c1-29(20-5-2-8-23(11-20)30-14-26-17-33-26,21-6-3-9-24(12-21)31-15-27-18-34-27)22-7-4-10-25(13-22)32-16-28-19-35-28/h2-13,26-28H,14-19H2,1H3. The Morgan fingerprint density at radius 1 is 0.600 bits per heavy atom. The van der Waals surface area contributed by atoms with Gasteiger partial charge in [-0.2, -0.15) is 0 Å². The molecule has 3 heterocycles. The molecule has 3 saturated heterocycles. The summed E-state index contributed by atoms with van der Waals surface area (Å²) >= 11 is 0. The van der Waals surface area contributed by atoms with Gasteiger partial charge in [-0.15, -0.1) is 0 Å². The molecular weight excluding hydrogens is 444 g/mol. The largest absolute Gasteiger partial charge is 0.491 e. The highest BCUT2D eigenvalue weighted by Gasteiger charge is 2.33. The Morgan fingerprint density at radius 2 is 0.914 bits per heavy atom. The van der Waals surface area contributed by atoms with E-state index in [1.165, 1.54) is 0 Å². The molecule has 182 valence electrons. The summed E-state index contributed by atoms with van der Waals surface area (Å²) in [6.07, 6.45) is 0.621. The van der Waals surface area contributed by atoms with Crippen LogP contribution in [0.4, 0.5) is 0 Å². The molecule has 3 unspecified atom stereocenters. The van der Waals surface area contributed by atoms with E-state index >= 15 is 0 Å². The van der Waals surface area contributed by atoms with Gasteiger partial charge < -0.3 is 28.4 Å². The first-order valence-corrected chi connectivity index (χ1v) is 12.2. The maximum absolute atomic E-state index is 6.03. The number of hydrogen-bond acceptors (Lipinski definition) is 6. The molecule has 0 amide bonds. The first kappa shape index (κ1) is 22.4. The minimum absolute atomic E-state index is 0.207. The molecule has 3 aromatic rings. The number of rotatable bonds is 12. The second-order valence-electron chi connectivity index (χ2n) is 9.51. The third kappa shape index (κ3) is 5.45. The molecule has 3 aliphatic rings. The molecule has 0 saturated carbocycles. The van der Waals surface area contributed by atoms with Crippen molar-refractivity contribution < 1.29 is 28.4 Å². The van der Waals surface area contributed by atoms with Gasteiger partial charge in [-0.3, -0.25) is 0 Å². The van der Waals surface area contributed by atoms with Crippen LogP contribution in [0.5, 0.6) is 17.2 Å². The third-order valence-corrected chi connectivity index (χ3v) is 6.75. The molecule has 0 bridgehead atoms. The van der Waals surface area contributed by atoms with E-state index < -0.39 is 5.41 Å². The van der Waals surface area contributed by atoms with Crippen LogP contribution < -0.4 is 14.2 Å². The molecule has 3 atom stereocenters. The molecular formula is C29H30O6. The molecule has 3 aliphatic heterocycles. The molecule has 0 spiro atoms. The first-order valence-electron chi connectivity index (χ1n) is 12.2. The van der Waals surface area contributed by atoms with Crippen LogP contribution in [0.1, 0.15) is 23.6 Å². The molecule has 0 aliphatic carbocycles. The average Bonchev–Trinajstić information content (AvgIpc) is 3.76. The Bertz CT molecular complexity index is 1020. The van der Waals surface area contributed by atoms with Crippen molar-refractivity contribution in [2.24, 2.45) is 0 Å². The van der Waals surface area contributed by atoms with E-state index in [9.17, 15) is 0 Å². The summed E-state index contributed by atoms with van der Waals surface area (Å²) in [7, 11) is 0. The van der Waals surface area contributed by atoms with Gasteiger partial charge in [-0.05, 0) is 60.0 Å². The van der Waals surface area contributed by atoms with Gasteiger partial charge in [-0.1, -0.05) is 36.4 Å². The van der Waals surface area contributed by atoms with E-state index in [1.54, 1.807) is 0 Å². The highest BCUT2D eigenvalue weighted by atomic mass is 16.6. The van der Waals surface area contributed by atoms with Crippen LogP contribution >= 0.6 is 0 Å². The fraction of sp³-hybridized carbons (Fsp3) is 0.379. The summed E-state index contributed by atoms with van der Waals surface area (Å²) in [4.78, 5) is 0. The molecule has 0 aromatic heterocycles. The Kier molecular flexibility index (Phi) is 6.10. The van der Waals surface area contributed by atoms with Crippen LogP contribution in [0.3, 0.4) is 0 Å². The van der Waals surface area contributed by atoms with E-state index in [0.717, 1.165) is 53.8 Å². The first-order chi connectivity index (χ1) is 17.2. The van der Waals surface area contributed by atoms with Crippen LogP contribution in [0.15, 0.2) is 72.8 Å². The summed E-state index contributed by atoms with van der Waals surface area (Å²) in [5, 5.41) is 0. The molecule has 0 radical (unpaired) electrons. The Labute approximate surface area is 205 Å². The van der Waals surface area contributed by atoms with Crippen LogP contribution in [0.2, 0.25) is 0 Å². The topological polar surface area (TPSA) is 65.3 Å². The van der Waals surface area contributed by atoms with Crippen molar-refractivity contribution in [1.82, 2.24) is 0 Å². The lowest BCUT2D eigenvalue weighted by Gasteiger charge is -2.32. The van der Waals surface area contributed by atoms with Gasteiger partial charge in [0.1, 0.15) is 55.4 Å². The van der Waals surface area contributed by atoms with Crippen molar-refractivity contribution in [3.8, 4) is 17.2 Å². The zero-order valence-electron chi connectivity index (χ0n) is 19.9. The summed E-state index contributed by atoms with van der Waals surface area (Å²) in [5.74, 6) is 2.50. The Morgan fingerprint density at radius 3 is 1.20 bits per heavy atom. The van der Waals surface area contributed by atoms with Crippen molar-refractivity contribution in [2.75, 3.05) is 39.6 Å². The fourth-order valence-corrected chi connectivity index (χ4v) is 4.25. The highest BCUT2D eigenvalue weighted by Crippen LogP contribution is 2.42. The number of benzene rings is 3. The molecule has 6 rings (SSSR count). The van der Waals surface area contributed by atoms with Crippen LogP contribution in [-0.4, -0.2) is 58.0 Å². The predicted octanol–water partition coefficient (Wildman–Crippen LogP) is 4.37. The van der Waals surface area contributed by atoms with Crippen LogP contribution in [0.25, 0.3) is 0 Å². The van der Waals surface area contributed by atoms with Gasteiger partial charge in [0.15, 0.2) is 0 Å². The molecule has 3 aromatic carbocycles. The summed E-state index contributed by atoms with van der Waals surface area (Å²) < 4.78 is 34.0. The summed E-state index contributed by atoms with van der Waals surface area (Å²) in [5.41, 5.74) is 2.89. The lowest BCUT2D eigenvalue weighted by Crippen LogP contribution is -2.25. The lowest BCUT2D eigenvalue weighted by atomic mass is 9.71. The van der Waals surface area contributed by atoms with Crippen molar-refractivity contribution in [3.05, 3.63) is 89.5 Å². The maximum Gasteiger partial charge on any atom is 0.119 e. The van der Waals surface area contributed by atoms with Crippen molar-refractivity contribution in [2.45, 2.75) is 30.7 Å². The van der Waals surface area contributed by atoms with Gasteiger partial charge in [0.2, 0.25) is 0 Å². The minimum atomic E-state index is -0.472. The van der Waals surface area contributed by atoms with Gasteiger partial charge in [0.25, 0.3) is 0 Å².